The van der Waals surface area contributed by atoms with E-state index >= 15 is 0 Å². The third-order valence-corrected chi connectivity index (χ3v) is 5.46. The molecule has 0 aliphatic heterocycles. The molecule has 0 spiro atoms. The number of anilines is 1. The molecule has 0 saturated carbocycles. The van der Waals surface area contributed by atoms with E-state index in [1.807, 2.05) is 30.3 Å². The Morgan fingerprint density at radius 1 is 1.17 bits per heavy atom. The largest absolute Gasteiger partial charge is 0.496 e. The second kappa shape index (κ2) is 9.49. The van der Waals surface area contributed by atoms with E-state index in [2.05, 4.69) is 4.98 Å². The molecule has 0 radical (unpaired) electrons. The molecule has 0 bridgehead atoms. The van der Waals surface area contributed by atoms with E-state index in [1.165, 1.54) is 24.1 Å². The zero-order valence-corrected chi connectivity index (χ0v) is 17.7. The fraction of sp³-hybridized carbons (Fsp3) is 0.227. The first-order chi connectivity index (χ1) is 14.4. The number of amides is 1. The number of ether oxygens (including phenoxy) is 2. The maximum atomic E-state index is 13.9. The number of methoxy groups -OCH3 is 1. The molecular formula is C22H21FN2O4S. The molecular weight excluding hydrogens is 407 g/mol. The van der Waals surface area contributed by atoms with Crippen molar-refractivity contribution in [3.63, 3.8) is 0 Å². The van der Waals surface area contributed by atoms with Crippen molar-refractivity contribution in [1.29, 1.82) is 0 Å². The number of aromatic nitrogens is 1. The van der Waals surface area contributed by atoms with Crippen molar-refractivity contribution >= 4 is 28.3 Å². The van der Waals surface area contributed by atoms with Crippen LogP contribution in [-0.4, -0.2) is 30.6 Å². The molecule has 1 amide bonds. The Hall–Kier alpha value is -3.26. The molecule has 8 heteroatoms. The topological polar surface area (TPSA) is 68.7 Å². The van der Waals surface area contributed by atoms with E-state index in [0.29, 0.717) is 15.7 Å². The number of rotatable bonds is 7. The molecule has 6 nitrogen and oxygen atoms in total. The predicted molar refractivity (Wildman–Crippen MR) is 113 cm³/mol. The predicted octanol–water partition coefficient (Wildman–Crippen LogP) is 4.62. The fourth-order valence-electron chi connectivity index (χ4n) is 2.87. The molecule has 0 aliphatic carbocycles. The van der Waals surface area contributed by atoms with Gasteiger partial charge >= 0.3 is 5.97 Å². The third kappa shape index (κ3) is 4.65. The number of aryl methyl sites for hydroxylation is 1. The van der Waals surface area contributed by atoms with Crippen LogP contribution in [0.3, 0.4) is 0 Å². The van der Waals surface area contributed by atoms with Crippen LogP contribution in [0.1, 0.15) is 38.2 Å². The minimum atomic E-state index is -0.554. The highest BCUT2D eigenvalue weighted by molar-refractivity contribution is 7.17. The summed E-state index contributed by atoms with van der Waals surface area (Å²) in [6.45, 7) is 3.82. The minimum Gasteiger partial charge on any atom is -0.496 e. The molecule has 0 fully saturated rings. The van der Waals surface area contributed by atoms with Crippen molar-refractivity contribution in [2.24, 2.45) is 0 Å². The van der Waals surface area contributed by atoms with Gasteiger partial charge in [-0.05, 0) is 37.6 Å². The third-order valence-electron chi connectivity index (χ3n) is 4.30. The second-order valence-electron chi connectivity index (χ2n) is 6.35. The average Bonchev–Trinajstić information content (AvgIpc) is 3.14. The van der Waals surface area contributed by atoms with Gasteiger partial charge in [0.25, 0.3) is 5.91 Å². The summed E-state index contributed by atoms with van der Waals surface area (Å²) < 4.78 is 24.2. The molecule has 1 aromatic heterocycles. The summed E-state index contributed by atoms with van der Waals surface area (Å²) in [6, 6.07) is 13.1. The van der Waals surface area contributed by atoms with Crippen LogP contribution in [0, 0.1) is 12.7 Å². The van der Waals surface area contributed by atoms with Crippen molar-refractivity contribution < 1.29 is 23.5 Å². The number of esters is 1. The van der Waals surface area contributed by atoms with Crippen LogP contribution in [0.25, 0.3) is 0 Å². The van der Waals surface area contributed by atoms with Crippen LogP contribution in [-0.2, 0) is 11.3 Å². The lowest BCUT2D eigenvalue weighted by molar-refractivity contribution is 0.0531. The van der Waals surface area contributed by atoms with Gasteiger partial charge in [0.05, 0.1) is 31.5 Å². The molecule has 0 unspecified atom stereocenters. The SMILES string of the molecule is CCOC(=O)c1sc(N(Cc2ccccc2)C(=O)c2cc(F)ccc2OC)nc1C. The standard InChI is InChI=1S/C22H21FN2O4S/c1-4-29-21(27)19-14(2)24-22(30-19)25(13-15-8-6-5-7-9-15)20(26)17-12-16(23)10-11-18(17)28-3/h5-12H,4,13H2,1-3H3. The van der Waals surface area contributed by atoms with E-state index in [4.69, 9.17) is 9.47 Å². The van der Waals surface area contributed by atoms with Crippen molar-refractivity contribution in [3.8, 4) is 5.75 Å². The lowest BCUT2D eigenvalue weighted by atomic mass is 10.1. The van der Waals surface area contributed by atoms with Crippen LogP contribution in [0.4, 0.5) is 9.52 Å². The van der Waals surface area contributed by atoms with Crippen molar-refractivity contribution in [2.75, 3.05) is 18.6 Å². The van der Waals surface area contributed by atoms with E-state index in [0.717, 1.165) is 23.0 Å². The highest BCUT2D eigenvalue weighted by Gasteiger charge is 2.27. The van der Waals surface area contributed by atoms with Crippen molar-refractivity contribution in [1.82, 2.24) is 4.98 Å². The molecule has 1 heterocycles. The van der Waals surface area contributed by atoms with Crippen LogP contribution < -0.4 is 9.64 Å². The fourth-order valence-corrected chi connectivity index (χ4v) is 3.83. The Balaban J connectivity index is 2.06. The van der Waals surface area contributed by atoms with Gasteiger partial charge in [-0.25, -0.2) is 14.2 Å². The van der Waals surface area contributed by atoms with Gasteiger partial charge in [0, 0.05) is 0 Å². The van der Waals surface area contributed by atoms with Gasteiger partial charge < -0.3 is 9.47 Å². The number of hydrogen-bond acceptors (Lipinski definition) is 6. The number of carbonyl (C=O) groups is 2. The number of carbonyl (C=O) groups excluding carboxylic acids is 2. The summed E-state index contributed by atoms with van der Waals surface area (Å²) >= 11 is 1.06. The van der Waals surface area contributed by atoms with E-state index < -0.39 is 17.7 Å². The maximum absolute atomic E-state index is 13.9. The number of halogens is 1. The zero-order chi connectivity index (χ0) is 21.7. The monoisotopic (exact) mass is 428 g/mol. The molecule has 156 valence electrons. The lowest BCUT2D eigenvalue weighted by Gasteiger charge is -2.21. The van der Waals surface area contributed by atoms with E-state index in [1.54, 1.807) is 13.8 Å². The normalized spacial score (nSPS) is 10.5. The highest BCUT2D eigenvalue weighted by Crippen LogP contribution is 2.31. The summed E-state index contributed by atoms with van der Waals surface area (Å²) in [5, 5.41) is 0.315. The summed E-state index contributed by atoms with van der Waals surface area (Å²) in [4.78, 5) is 31.8. The Kier molecular flexibility index (Phi) is 6.79. The summed E-state index contributed by atoms with van der Waals surface area (Å²) in [6.07, 6.45) is 0. The number of benzene rings is 2. The van der Waals surface area contributed by atoms with Crippen molar-refractivity contribution in [3.05, 3.63) is 76.0 Å². The van der Waals surface area contributed by atoms with Gasteiger partial charge in [0.1, 0.15) is 16.4 Å². The summed E-state index contributed by atoms with van der Waals surface area (Å²) in [5.74, 6) is -1.28. The van der Waals surface area contributed by atoms with Crippen LogP contribution >= 0.6 is 11.3 Å². The van der Waals surface area contributed by atoms with Gasteiger partial charge in [0.15, 0.2) is 5.13 Å². The molecule has 3 rings (SSSR count). The average molecular weight is 428 g/mol. The van der Waals surface area contributed by atoms with Gasteiger partial charge in [-0.2, -0.15) is 0 Å². The zero-order valence-electron chi connectivity index (χ0n) is 16.8. The number of nitrogens with zero attached hydrogens (tertiary/aromatic N) is 2. The number of thiazole rings is 1. The van der Waals surface area contributed by atoms with Gasteiger partial charge in [-0.1, -0.05) is 41.7 Å². The van der Waals surface area contributed by atoms with Crippen LogP contribution in [0.2, 0.25) is 0 Å². The van der Waals surface area contributed by atoms with Crippen LogP contribution in [0.5, 0.6) is 5.75 Å². The van der Waals surface area contributed by atoms with Gasteiger partial charge in [0.2, 0.25) is 0 Å². The number of hydrogen-bond donors (Lipinski definition) is 0. The van der Waals surface area contributed by atoms with Gasteiger partial charge in [-0.15, -0.1) is 0 Å². The molecule has 3 aromatic rings. The molecule has 0 aliphatic rings. The molecule has 30 heavy (non-hydrogen) atoms. The van der Waals surface area contributed by atoms with Crippen LogP contribution in [0.15, 0.2) is 48.5 Å². The second-order valence-corrected chi connectivity index (χ2v) is 7.33. The lowest BCUT2D eigenvalue weighted by Crippen LogP contribution is -2.30. The Labute approximate surface area is 177 Å². The first-order valence-electron chi connectivity index (χ1n) is 9.28. The van der Waals surface area contributed by atoms with E-state index in [-0.39, 0.29) is 24.5 Å². The minimum absolute atomic E-state index is 0.0685. The Morgan fingerprint density at radius 2 is 1.90 bits per heavy atom. The Morgan fingerprint density at radius 3 is 2.57 bits per heavy atom. The summed E-state index contributed by atoms with van der Waals surface area (Å²) in [5.41, 5.74) is 1.39. The van der Waals surface area contributed by atoms with Gasteiger partial charge in [-0.3, -0.25) is 9.69 Å². The first-order valence-corrected chi connectivity index (χ1v) is 10.1. The highest BCUT2D eigenvalue weighted by atomic mass is 32.1. The molecule has 0 atom stereocenters. The van der Waals surface area contributed by atoms with E-state index in [9.17, 15) is 14.0 Å². The molecule has 0 N–H and O–H groups in total. The summed E-state index contributed by atoms with van der Waals surface area (Å²) in [7, 11) is 1.41. The maximum Gasteiger partial charge on any atom is 0.350 e. The smallest absolute Gasteiger partial charge is 0.350 e. The Bertz CT molecular complexity index is 1050. The quantitative estimate of drug-likeness (QED) is 0.514. The van der Waals surface area contributed by atoms with Crippen molar-refractivity contribution in [2.45, 2.75) is 20.4 Å². The first kappa shape index (κ1) is 21.4. The molecule has 0 saturated heterocycles. The molecule has 2 aromatic carbocycles.